The normalized spacial score (nSPS) is 29.5. The number of fused-ring (bicyclic) bond motifs is 3. The second-order valence-corrected chi connectivity index (χ2v) is 9.15. The van der Waals surface area contributed by atoms with Gasteiger partial charge in [-0.1, -0.05) is 48.5 Å². The molecule has 2 bridgehead atoms. The van der Waals surface area contributed by atoms with Crippen LogP contribution < -0.4 is 17.0 Å². The average molecular weight is 440 g/mol. The molecule has 1 spiro atoms. The zero-order chi connectivity index (χ0) is 18.2. The summed E-state index contributed by atoms with van der Waals surface area (Å²) in [4.78, 5) is 13.5. The number of carbonyl (C=O) groups is 1. The number of piperidine rings is 1. The molecule has 0 N–H and O–H groups in total. The van der Waals surface area contributed by atoms with E-state index in [-0.39, 0.29) is 29.1 Å². The Kier molecular flexibility index (Phi) is 4.05. The SMILES string of the molecule is CC1(C(=O)OC2CC3CCC(C2)[N+]32CC2)c2ccccc2-c2ccccc21.[Br-]. The van der Waals surface area contributed by atoms with Crippen LogP contribution in [0.15, 0.2) is 48.5 Å². The van der Waals surface area contributed by atoms with E-state index in [9.17, 15) is 4.79 Å². The van der Waals surface area contributed by atoms with Crippen LogP contribution in [0.3, 0.4) is 0 Å². The third kappa shape index (κ3) is 2.28. The summed E-state index contributed by atoms with van der Waals surface area (Å²) in [5.41, 5.74) is 3.82. The van der Waals surface area contributed by atoms with Crippen molar-refractivity contribution in [2.75, 3.05) is 13.1 Å². The summed E-state index contributed by atoms with van der Waals surface area (Å²) < 4.78 is 7.59. The first kappa shape index (κ1) is 18.4. The molecule has 3 saturated heterocycles. The minimum atomic E-state index is -0.699. The van der Waals surface area contributed by atoms with Gasteiger partial charge in [-0.15, -0.1) is 0 Å². The predicted octanol–water partition coefficient (Wildman–Crippen LogP) is 1.04. The van der Waals surface area contributed by atoms with Gasteiger partial charge in [0.15, 0.2) is 0 Å². The minimum absolute atomic E-state index is 0. The number of esters is 1. The van der Waals surface area contributed by atoms with Crippen LogP contribution in [0.2, 0.25) is 0 Å². The summed E-state index contributed by atoms with van der Waals surface area (Å²) >= 11 is 0. The molecule has 146 valence electrons. The van der Waals surface area contributed by atoms with Crippen LogP contribution in [0.4, 0.5) is 0 Å². The van der Waals surface area contributed by atoms with Gasteiger partial charge in [0.05, 0.1) is 12.1 Å². The Morgan fingerprint density at radius 3 is 1.93 bits per heavy atom. The van der Waals surface area contributed by atoms with Crippen molar-refractivity contribution in [2.45, 2.75) is 56.2 Å². The van der Waals surface area contributed by atoms with Gasteiger partial charge in [0.1, 0.15) is 24.6 Å². The standard InChI is InChI=1S/C24H26NO2.BrH/c1-24(21-8-4-2-6-19(21)20-7-3-5-9-22(20)24)23(26)27-18-14-16-10-11-17(15-18)25(16)12-13-25;/h2-9,16-18H,10-15H2,1H3;1H/q+1;/p-1. The largest absolute Gasteiger partial charge is 1.00 e. The van der Waals surface area contributed by atoms with Crippen LogP contribution in [0.25, 0.3) is 11.1 Å². The van der Waals surface area contributed by atoms with Gasteiger partial charge in [0.25, 0.3) is 0 Å². The lowest BCUT2D eigenvalue weighted by Crippen LogP contribution is -3.00. The molecule has 0 amide bonds. The highest BCUT2D eigenvalue weighted by Gasteiger charge is 2.62. The molecule has 0 radical (unpaired) electrons. The molecule has 2 aromatic carbocycles. The van der Waals surface area contributed by atoms with Crippen molar-refractivity contribution >= 4 is 5.97 Å². The van der Waals surface area contributed by atoms with Crippen molar-refractivity contribution in [3.05, 3.63) is 59.7 Å². The van der Waals surface area contributed by atoms with Crippen molar-refractivity contribution in [2.24, 2.45) is 0 Å². The third-order valence-corrected chi connectivity index (χ3v) is 8.00. The van der Waals surface area contributed by atoms with E-state index in [1.165, 1.54) is 41.5 Å². The van der Waals surface area contributed by atoms with Gasteiger partial charge in [0.2, 0.25) is 0 Å². The monoisotopic (exact) mass is 439 g/mol. The Hall–Kier alpha value is -1.65. The van der Waals surface area contributed by atoms with E-state index in [2.05, 4.69) is 43.3 Å². The van der Waals surface area contributed by atoms with Gasteiger partial charge >= 0.3 is 5.97 Å². The van der Waals surface area contributed by atoms with E-state index in [0.717, 1.165) is 36.1 Å². The second kappa shape index (κ2) is 6.17. The average Bonchev–Trinajstić information content (AvgIpc) is 3.40. The van der Waals surface area contributed by atoms with Gasteiger partial charge in [0, 0.05) is 25.7 Å². The molecule has 3 fully saturated rings. The fourth-order valence-corrected chi connectivity index (χ4v) is 6.44. The number of rotatable bonds is 2. The van der Waals surface area contributed by atoms with Gasteiger partial charge in [-0.05, 0) is 29.2 Å². The number of halogens is 1. The summed E-state index contributed by atoms with van der Waals surface area (Å²) in [5, 5.41) is 0. The molecule has 4 aliphatic rings. The molecule has 0 aromatic heterocycles. The van der Waals surface area contributed by atoms with E-state index in [0.29, 0.717) is 0 Å². The van der Waals surface area contributed by atoms with E-state index >= 15 is 0 Å². The maximum Gasteiger partial charge on any atom is 0.321 e. The van der Waals surface area contributed by atoms with Crippen LogP contribution >= 0.6 is 0 Å². The van der Waals surface area contributed by atoms with Crippen LogP contribution in [0, 0.1) is 0 Å². The van der Waals surface area contributed by atoms with Gasteiger partial charge < -0.3 is 26.2 Å². The van der Waals surface area contributed by atoms with Gasteiger partial charge in [-0.3, -0.25) is 4.79 Å². The van der Waals surface area contributed by atoms with Crippen molar-refractivity contribution in [1.82, 2.24) is 0 Å². The molecule has 2 atom stereocenters. The number of hydrogen-bond donors (Lipinski definition) is 0. The smallest absolute Gasteiger partial charge is 0.321 e. The van der Waals surface area contributed by atoms with Crippen molar-refractivity contribution in [1.29, 1.82) is 0 Å². The maximum atomic E-state index is 13.5. The van der Waals surface area contributed by atoms with Crippen LogP contribution in [0.1, 0.15) is 43.7 Å². The highest BCUT2D eigenvalue weighted by atomic mass is 79.9. The molecular weight excluding hydrogens is 414 g/mol. The molecule has 3 nitrogen and oxygen atoms in total. The molecule has 0 saturated carbocycles. The Morgan fingerprint density at radius 2 is 1.43 bits per heavy atom. The second-order valence-electron chi connectivity index (χ2n) is 9.15. The summed E-state index contributed by atoms with van der Waals surface area (Å²) in [7, 11) is 0. The van der Waals surface area contributed by atoms with E-state index in [1.807, 2.05) is 12.1 Å². The Bertz CT molecular complexity index is 890. The first-order valence-electron chi connectivity index (χ1n) is 10.4. The number of carbonyl (C=O) groups excluding carboxylic acids is 1. The van der Waals surface area contributed by atoms with Gasteiger partial charge in [-0.25, -0.2) is 0 Å². The number of nitrogens with zero attached hydrogens (tertiary/aromatic N) is 1. The number of hydrogen-bond acceptors (Lipinski definition) is 2. The Labute approximate surface area is 177 Å². The summed E-state index contributed by atoms with van der Waals surface area (Å²) in [6, 6.07) is 18.1. The molecule has 2 aromatic rings. The topological polar surface area (TPSA) is 26.3 Å². The molecule has 2 unspecified atom stereocenters. The number of benzene rings is 2. The van der Waals surface area contributed by atoms with Crippen LogP contribution in [-0.4, -0.2) is 41.7 Å². The lowest BCUT2D eigenvalue weighted by atomic mass is 9.80. The highest BCUT2D eigenvalue weighted by Crippen LogP contribution is 2.51. The first-order chi connectivity index (χ1) is 13.1. The van der Waals surface area contributed by atoms with Gasteiger partial charge in [-0.2, -0.15) is 0 Å². The first-order valence-corrected chi connectivity index (χ1v) is 10.4. The zero-order valence-electron chi connectivity index (χ0n) is 16.2. The molecule has 6 rings (SSSR count). The molecular formula is C24H26BrNO2. The molecule has 3 heterocycles. The van der Waals surface area contributed by atoms with Crippen molar-refractivity contribution < 1.29 is 31.0 Å². The third-order valence-electron chi connectivity index (χ3n) is 8.00. The fraction of sp³-hybridized carbons (Fsp3) is 0.458. The predicted molar refractivity (Wildman–Crippen MR) is 104 cm³/mol. The van der Waals surface area contributed by atoms with Crippen molar-refractivity contribution in [3.63, 3.8) is 0 Å². The molecule has 4 heteroatoms. The van der Waals surface area contributed by atoms with Crippen LogP contribution in [-0.2, 0) is 14.9 Å². The summed E-state index contributed by atoms with van der Waals surface area (Å²) in [6.45, 7) is 4.76. The van der Waals surface area contributed by atoms with Crippen molar-refractivity contribution in [3.8, 4) is 11.1 Å². The maximum absolute atomic E-state index is 13.5. The highest BCUT2D eigenvalue weighted by molar-refractivity contribution is 5.97. The quantitative estimate of drug-likeness (QED) is 0.397. The van der Waals surface area contributed by atoms with E-state index < -0.39 is 5.41 Å². The fourth-order valence-electron chi connectivity index (χ4n) is 6.44. The summed E-state index contributed by atoms with van der Waals surface area (Å²) in [5.74, 6) is -0.0662. The Morgan fingerprint density at radius 1 is 0.929 bits per heavy atom. The van der Waals surface area contributed by atoms with Crippen LogP contribution in [0.5, 0.6) is 0 Å². The minimum Gasteiger partial charge on any atom is -1.00 e. The molecule has 1 aliphatic carbocycles. The van der Waals surface area contributed by atoms with E-state index in [4.69, 9.17) is 4.74 Å². The summed E-state index contributed by atoms with van der Waals surface area (Å²) in [6.07, 6.45) is 4.85. The number of quaternary nitrogens is 1. The zero-order valence-corrected chi connectivity index (χ0v) is 17.8. The number of ether oxygens (including phenoxy) is 1. The lowest BCUT2D eigenvalue weighted by Gasteiger charge is -2.37. The molecule has 3 aliphatic heterocycles. The van der Waals surface area contributed by atoms with E-state index in [1.54, 1.807) is 0 Å². The Balaban J connectivity index is 0.00000171. The lowest BCUT2D eigenvalue weighted by molar-refractivity contribution is -0.846. The molecule has 28 heavy (non-hydrogen) atoms.